The first-order valence-corrected chi connectivity index (χ1v) is 8.64. The van der Waals surface area contributed by atoms with Crippen molar-refractivity contribution in [2.45, 2.75) is 32.8 Å². The molecule has 26 heavy (non-hydrogen) atoms. The monoisotopic (exact) mass is 352 g/mol. The van der Waals surface area contributed by atoms with Gasteiger partial charge in [-0.3, -0.25) is 0 Å². The highest BCUT2D eigenvalue weighted by atomic mass is 16.5. The van der Waals surface area contributed by atoms with E-state index in [-0.39, 0.29) is 6.61 Å². The maximum atomic E-state index is 5.91. The number of nitrogens with zero attached hydrogens (tertiary/aromatic N) is 4. The molecule has 1 fully saturated rings. The van der Waals surface area contributed by atoms with E-state index < -0.39 is 0 Å². The van der Waals surface area contributed by atoms with Crippen molar-refractivity contribution >= 4 is 0 Å². The summed E-state index contributed by atoms with van der Waals surface area (Å²) in [5.74, 6) is 3.67. The fourth-order valence-corrected chi connectivity index (χ4v) is 2.69. The van der Waals surface area contributed by atoms with Gasteiger partial charge in [0.15, 0.2) is 18.3 Å². The highest BCUT2D eigenvalue weighted by Crippen LogP contribution is 2.32. The number of hydrogen-bond acceptors (Lipinski definition) is 7. The fourth-order valence-electron chi connectivity index (χ4n) is 2.69. The van der Waals surface area contributed by atoms with Gasteiger partial charge in [0.1, 0.15) is 5.75 Å². The number of para-hydroxylation sites is 1. The van der Waals surface area contributed by atoms with Crippen LogP contribution >= 0.6 is 0 Å². The summed E-state index contributed by atoms with van der Waals surface area (Å²) < 4.78 is 16.4. The van der Waals surface area contributed by atoms with Crippen LogP contribution in [0.15, 0.2) is 34.9 Å². The molecule has 0 radical (unpaired) electrons. The van der Waals surface area contributed by atoms with Gasteiger partial charge in [-0.15, -0.1) is 0 Å². The summed E-state index contributed by atoms with van der Waals surface area (Å²) in [7, 11) is 1.59. The molecule has 0 aliphatic heterocycles. The van der Waals surface area contributed by atoms with Crippen molar-refractivity contribution < 1.29 is 14.0 Å². The topological polar surface area (TPSA) is 83.2 Å². The first kappa shape index (κ1) is 16.5. The zero-order valence-corrected chi connectivity index (χ0v) is 14.8. The summed E-state index contributed by atoms with van der Waals surface area (Å²) in [5.41, 5.74) is 1.61. The molecule has 0 N–H and O–H groups in total. The molecule has 2 heterocycles. The molecule has 1 aliphatic carbocycles. The van der Waals surface area contributed by atoms with Crippen LogP contribution in [0.4, 0.5) is 0 Å². The van der Waals surface area contributed by atoms with Gasteiger partial charge in [-0.25, -0.2) is 4.98 Å². The Morgan fingerprint density at radius 2 is 2.00 bits per heavy atom. The summed E-state index contributed by atoms with van der Waals surface area (Å²) in [6.45, 7) is 2.11. The Morgan fingerprint density at radius 3 is 2.81 bits per heavy atom. The van der Waals surface area contributed by atoms with Crippen molar-refractivity contribution in [1.29, 1.82) is 0 Å². The lowest BCUT2D eigenvalue weighted by Crippen LogP contribution is -2.01. The lowest BCUT2D eigenvalue weighted by molar-refractivity contribution is 0.243. The van der Waals surface area contributed by atoms with E-state index in [0.29, 0.717) is 23.3 Å². The largest absolute Gasteiger partial charge is 0.483 e. The molecule has 0 bridgehead atoms. The minimum atomic E-state index is 0.206. The minimum absolute atomic E-state index is 0.206. The van der Waals surface area contributed by atoms with Crippen molar-refractivity contribution in [1.82, 2.24) is 20.1 Å². The molecule has 0 spiro atoms. The van der Waals surface area contributed by atoms with Crippen LogP contribution < -0.4 is 9.47 Å². The van der Waals surface area contributed by atoms with E-state index >= 15 is 0 Å². The zero-order valence-electron chi connectivity index (χ0n) is 14.8. The zero-order chi connectivity index (χ0) is 17.9. The van der Waals surface area contributed by atoms with E-state index in [1.807, 2.05) is 31.2 Å². The van der Waals surface area contributed by atoms with Gasteiger partial charge in [-0.1, -0.05) is 17.3 Å². The van der Waals surface area contributed by atoms with Gasteiger partial charge in [0.2, 0.25) is 5.88 Å². The normalized spacial score (nSPS) is 13.6. The number of rotatable bonds is 7. The van der Waals surface area contributed by atoms with Crippen LogP contribution in [0.2, 0.25) is 0 Å². The van der Waals surface area contributed by atoms with E-state index in [4.69, 9.17) is 14.0 Å². The molecule has 2 aromatic heterocycles. The SMILES string of the molecule is COc1cc(C)nc(-c2ccccc2OCc2nc(CC3CC3)no2)n1. The van der Waals surface area contributed by atoms with Gasteiger partial charge in [0.25, 0.3) is 5.89 Å². The maximum absolute atomic E-state index is 5.91. The standard InChI is InChI=1S/C19H20N4O3/c1-12-9-17(24-2)22-19(20-12)14-5-3-4-6-15(14)25-11-18-21-16(23-26-18)10-13-7-8-13/h3-6,9,13H,7-8,10-11H2,1-2H3. The molecular weight excluding hydrogens is 332 g/mol. The van der Waals surface area contributed by atoms with Crippen molar-refractivity contribution in [3.63, 3.8) is 0 Å². The second kappa shape index (κ2) is 7.11. The molecule has 7 heteroatoms. The Bertz CT molecular complexity index is 905. The van der Waals surface area contributed by atoms with E-state index in [1.54, 1.807) is 13.2 Å². The van der Waals surface area contributed by atoms with Crippen LogP contribution in [0, 0.1) is 12.8 Å². The van der Waals surface area contributed by atoms with Crippen LogP contribution in [0.3, 0.4) is 0 Å². The number of aryl methyl sites for hydroxylation is 1. The molecule has 4 rings (SSSR count). The summed E-state index contributed by atoms with van der Waals surface area (Å²) in [6.07, 6.45) is 3.40. The fraction of sp³-hybridized carbons (Fsp3) is 0.368. The van der Waals surface area contributed by atoms with E-state index in [2.05, 4.69) is 20.1 Å². The number of aromatic nitrogens is 4. The Kier molecular flexibility index (Phi) is 4.51. The van der Waals surface area contributed by atoms with Crippen LogP contribution in [0.5, 0.6) is 11.6 Å². The first-order chi connectivity index (χ1) is 12.7. The van der Waals surface area contributed by atoms with E-state index in [9.17, 15) is 0 Å². The predicted octanol–water partition coefficient (Wildman–Crippen LogP) is 3.38. The Hall–Kier alpha value is -2.96. The molecule has 0 atom stereocenters. The average molecular weight is 352 g/mol. The molecule has 0 amide bonds. The number of ether oxygens (including phenoxy) is 2. The first-order valence-electron chi connectivity index (χ1n) is 8.64. The number of benzene rings is 1. The molecule has 3 aromatic rings. The third-order valence-corrected chi connectivity index (χ3v) is 4.20. The predicted molar refractivity (Wildman–Crippen MR) is 93.8 cm³/mol. The highest BCUT2D eigenvalue weighted by Gasteiger charge is 2.24. The number of hydrogen-bond donors (Lipinski definition) is 0. The Balaban J connectivity index is 1.52. The van der Waals surface area contributed by atoms with E-state index in [0.717, 1.165) is 29.4 Å². The second-order valence-electron chi connectivity index (χ2n) is 6.41. The number of methoxy groups -OCH3 is 1. The van der Waals surface area contributed by atoms with E-state index in [1.165, 1.54) is 12.8 Å². The van der Waals surface area contributed by atoms with Crippen LogP contribution in [0.25, 0.3) is 11.4 Å². The van der Waals surface area contributed by atoms with Crippen LogP contribution in [-0.4, -0.2) is 27.2 Å². The summed E-state index contributed by atoms with van der Waals surface area (Å²) >= 11 is 0. The molecule has 134 valence electrons. The molecule has 7 nitrogen and oxygen atoms in total. The lowest BCUT2D eigenvalue weighted by atomic mass is 10.2. The van der Waals surface area contributed by atoms with Gasteiger partial charge >= 0.3 is 0 Å². The van der Waals surface area contributed by atoms with Crippen molar-refractivity contribution in [2.24, 2.45) is 5.92 Å². The molecule has 1 aromatic carbocycles. The van der Waals surface area contributed by atoms with Crippen molar-refractivity contribution in [2.75, 3.05) is 7.11 Å². The average Bonchev–Trinajstić information content (AvgIpc) is 3.36. The smallest absolute Gasteiger partial charge is 0.264 e. The van der Waals surface area contributed by atoms with Gasteiger partial charge in [-0.2, -0.15) is 9.97 Å². The Morgan fingerprint density at radius 1 is 1.15 bits per heavy atom. The third-order valence-electron chi connectivity index (χ3n) is 4.20. The van der Waals surface area contributed by atoms with Gasteiger partial charge < -0.3 is 14.0 Å². The van der Waals surface area contributed by atoms with Crippen molar-refractivity contribution in [3.05, 3.63) is 47.7 Å². The second-order valence-corrected chi connectivity index (χ2v) is 6.41. The summed E-state index contributed by atoms with van der Waals surface area (Å²) in [5, 5.41) is 4.02. The quantitative estimate of drug-likeness (QED) is 0.644. The molecule has 1 saturated carbocycles. The Labute approximate surface area is 151 Å². The molecule has 0 unspecified atom stereocenters. The summed E-state index contributed by atoms with van der Waals surface area (Å²) in [6, 6.07) is 9.39. The lowest BCUT2D eigenvalue weighted by Gasteiger charge is -2.10. The van der Waals surface area contributed by atoms with Crippen LogP contribution in [0.1, 0.15) is 30.3 Å². The molecular formula is C19H20N4O3. The minimum Gasteiger partial charge on any atom is -0.483 e. The van der Waals surface area contributed by atoms with Crippen molar-refractivity contribution in [3.8, 4) is 23.0 Å². The maximum Gasteiger partial charge on any atom is 0.264 e. The highest BCUT2D eigenvalue weighted by molar-refractivity contribution is 5.64. The summed E-state index contributed by atoms with van der Waals surface area (Å²) in [4.78, 5) is 13.3. The third kappa shape index (κ3) is 3.82. The molecule has 1 aliphatic rings. The van der Waals surface area contributed by atoms with Crippen LogP contribution in [-0.2, 0) is 13.0 Å². The van der Waals surface area contributed by atoms with Gasteiger partial charge in [0, 0.05) is 18.2 Å². The van der Waals surface area contributed by atoms with Gasteiger partial charge in [-0.05, 0) is 37.8 Å². The molecule has 0 saturated heterocycles. The van der Waals surface area contributed by atoms with Gasteiger partial charge in [0.05, 0.1) is 12.7 Å².